The quantitative estimate of drug-likeness (QED) is 0.766. The Kier molecular flexibility index (Phi) is 5.24. The topological polar surface area (TPSA) is 80.8 Å². The van der Waals surface area contributed by atoms with Crippen LogP contribution in [0.5, 0.6) is 0 Å². The number of esters is 1. The molecule has 3 rings (SSSR count). The summed E-state index contributed by atoms with van der Waals surface area (Å²) in [4.78, 5) is 24.2. The highest BCUT2D eigenvalue weighted by atomic mass is 32.2. The van der Waals surface area contributed by atoms with Crippen LogP contribution in [0.25, 0.3) is 0 Å². The summed E-state index contributed by atoms with van der Waals surface area (Å²) in [7, 11) is -3.61. The standard InChI is InChI=1S/C18H23NO5S/c1-13-8-9-14(25(22,23)19-10-3-2-4-11-19)12-15(13)18(21)24-17-7-5-6-16(17)20/h8-9,12,17H,2-7,10-11H2,1H3/t17-/m1/s1. The van der Waals surface area contributed by atoms with E-state index in [1.165, 1.54) is 16.4 Å². The molecule has 1 aliphatic heterocycles. The van der Waals surface area contributed by atoms with Crippen LogP contribution in [0.1, 0.15) is 54.4 Å². The number of carbonyl (C=O) groups excluding carboxylic acids is 2. The van der Waals surface area contributed by atoms with E-state index >= 15 is 0 Å². The molecule has 2 fully saturated rings. The van der Waals surface area contributed by atoms with E-state index < -0.39 is 22.1 Å². The lowest BCUT2D eigenvalue weighted by atomic mass is 10.1. The second-order valence-corrected chi connectivity index (χ2v) is 8.63. The van der Waals surface area contributed by atoms with Gasteiger partial charge in [-0.25, -0.2) is 13.2 Å². The highest BCUT2D eigenvalue weighted by Gasteiger charge is 2.30. The van der Waals surface area contributed by atoms with Crippen molar-refractivity contribution in [3.63, 3.8) is 0 Å². The third-order valence-corrected chi connectivity index (χ3v) is 6.77. The summed E-state index contributed by atoms with van der Waals surface area (Å²) in [6, 6.07) is 4.52. The molecule has 0 aromatic heterocycles. The number of rotatable bonds is 4. The number of benzene rings is 1. The number of nitrogens with zero attached hydrogens (tertiary/aromatic N) is 1. The number of carbonyl (C=O) groups is 2. The van der Waals surface area contributed by atoms with E-state index in [0.29, 0.717) is 31.5 Å². The van der Waals surface area contributed by atoms with Gasteiger partial charge in [-0.1, -0.05) is 12.5 Å². The largest absolute Gasteiger partial charge is 0.451 e. The summed E-state index contributed by atoms with van der Waals surface area (Å²) in [5.74, 6) is -0.698. The zero-order chi connectivity index (χ0) is 18.0. The molecule has 1 atom stereocenters. The van der Waals surface area contributed by atoms with Gasteiger partial charge in [0, 0.05) is 19.5 Å². The monoisotopic (exact) mass is 365 g/mol. The fourth-order valence-electron chi connectivity index (χ4n) is 3.34. The van der Waals surface area contributed by atoms with E-state index in [9.17, 15) is 18.0 Å². The SMILES string of the molecule is Cc1ccc(S(=O)(=O)N2CCCCC2)cc1C(=O)O[C@@H]1CCCC1=O. The second-order valence-electron chi connectivity index (χ2n) is 6.69. The number of hydrogen-bond acceptors (Lipinski definition) is 5. The first-order valence-corrected chi connectivity index (χ1v) is 10.2. The van der Waals surface area contributed by atoms with Gasteiger partial charge in [-0.15, -0.1) is 0 Å². The second kappa shape index (κ2) is 7.25. The van der Waals surface area contributed by atoms with Crippen molar-refractivity contribution in [3.05, 3.63) is 29.3 Å². The van der Waals surface area contributed by atoms with Gasteiger partial charge in [0.25, 0.3) is 0 Å². The van der Waals surface area contributed by atoms with Crippen molar-refractivity contribution < 1.29 is 22.7 Å². The molecule has 2 aliphatic rings. The molecule has 0 unspecified atom stereocenters. The van der Waals surface area contributed by atoms with E-state index in [4.69, 9.17) is 4.74 Å². The number of piperidine rings is 1. The van der Waals surface area contributed by atoms with Gasteiger partial charge < -0.3 is 4.74 Å². The smallest absolute Gasteiger partial charge is 0.339 e. The van der Waals surface area contributed by atoms with Gasteiger partial charge in [0.05, 0.1) is 10.5 Å². The molecule has 1 aromatic carbocycles. The molecule has 6 nitrogen and oxygen atoms in total. The number of aryl methyl sites for hydroxylation is 1. The molecule has 0 amide bonds. The highest BCUT2D eigenvalue weighted by Crippen LogP contribution is 2.25. The number of Topliss-reactive ketones (excluding diaryl/α,β-unsaturated/α-hetero) is 1. The van der Waals surface area contributed by atoms with Crippen LogP contribution in [0.2, 0.25) is 0 Å². The Morgan fingerprint density at radius 2 is 1.88 bits per heavy atom. The molecular formula is C18H23NO5S. The van der Waals surface area contributed by atoms with Gasteiger partial charge >= 0.3 is 5.97 Å². The van der Waals surface area contributed by atoms with E-state index in [1.807, 2.05) is 0 Å². The highest BCUT2D eigenvalue weighted by molar-refractivity contribution is 7.89. The van der Waals surface area contributed by atoms with Crippen LogP contribution in [0.3, 0.4) is 0 Å². The van der Waals surface area contributed by atoms with Crippen molar-refractivity contribution in [2.75, 3.05) is 13.1 Å². The predicted molar refractivity (Wildman–Crippen MR) is 91.9 cm³/mol. The Bertz CT molecular complexity index is 781. The summed E-state index contributed by atoms with van der Waals surface area (Å²) in [6.07, 6.45) is 3.73. The van der Waals surface area contributed by atoms with Crippen molar-refractivity contribution in [3.8, 4) is 0 Å². The molecule has 1 saturated carbocycles. The van der Waals surface area contributed by atoms with Crippen LogP contribution in [0.15, 0.2) is 23.1 Å². The third-order valence-electron chi connectivity index (χ3n) is 4.88. The number of ether oxygens (including phenoxy) is 1. The first-order valence-electron chi connectivity index (χ1n) is 8.74. The van der Waals surface area contributed by atoms with E-state index in [0.717, 1.165) is 25.7 Å². The average Bonchev–Trinajstić information content (AvgIpc) is 3.00. The van der Waals surface area contributed by atoms with Crippen molar-refractivity contribution in [1.82, 2.24) is 4.31 Å². The van der Waals surface area contributed by atoms with Gasteiger partial charge in [-0.3, -0.25) is 4.79 Å². The average molecular weight is 365 g/mol. The molecule has 25 heavy (non-hydrogen) atoms. The normalized spacial score (nSPS) is 22.1. The zero-order valence-electron chi connectivity index (χ0n) is 14.4. The Hall–Kier alpha value is -1.73. The lowest BCUT2D eigenvalue weighted by Gasteiger charge is -2.26. The summed E-state index contributed by atoms with van der Waals surface area (Å²) in [6.45, 7) is 2.74. The maximum atomic E-state index is 12.8. The van der Waals surface area contributed by atoms with Gasteiger partial charge in [-0.2, -0.15) is 4.31 Å². The molecule has 1 aliphatic carbocycles. The van der Waals surface area contributed by atoms with Crippen LogP contribution in [0.4, 0.5) is 0 Å². The Balaban J connectivity index is 1.84. The number of hydrogen-bond donors (Lipinski definition) is 0. The summed E-state index contributed by atoms with van der Waals surface area (Å²) in [5.41, 5.74) is 0.839. The van der Waals surface area contributed by atoms with Crippen LogP contribution in [-0.2, 0) is 19.6 Å². The fourth-order valence-corrected chi connectivity index (χ4v) is 4.88. The number of sulfonamides is 1. The van der Waals surface area contributed by atoms with Crippen molar-refractivity contribution in [2.24, 2.45) is 0 Å². The molecule has 136 valence electrons. The van der Waals surface area contributed by atoms with Crippen molar-refractivity contribution in [2.45, 2.75) is 56.4 Å². The van der Waals surface area contributed by atoms with Gasteiger partial charge in [0.2, 0.25) is 10.0 Å². The van der Waals surface area contributed by atoms with E-state index in [2.05, 4.69) is 0 Å². The molecule has 0 bridgehead atoms. The molecule has 1 aromatic rings. The Morgan fingerprint density at radius 3 is 2.52 bits per heavy atom. The lowest BCUT2D eigenvalue weighted by molar-refractivity contribution is -0.124. The van der Waals surface area contributed by atoms with Gasteiger partial charge in [0.15, 0.2) is 11.9 Å². The fraction of sp³-hybridized carbons (Fsp3) is 0.556. The van der Waals surface area contributed by atoms with Crippen molar-refractivity contribution >= 4 is 21.8 Å². The first-order chi connectivity index (χ1) is 11.9. The summed E-state index contributed by atoms with van der Waals surface area (Å²) in [5, 5.41) is 0. The minimum absolute atomic E-state index is 0.0666. The number of ketones is 1. The summed E-state index contributed by atoms with van der Waals surface area (Å²) < 4.78 is 32.4. The Morgan fingerprint density at radius 1 is 1.16 bits per heavy atom. The maximum absolute atomic E-state index is 12.8. The molecule has 1 heterocycles. The van der Waals surface area contributed by atoms with Crippen LogP contribution >= 0.6 is 0 Å². The Labute approximate surface area is 148 Å². The molecule has 0 N–H and O–H groups in total. The van der Waals surface area contributed by atoms with Crippen LogP contribution in [0, 0.1) is 6.92 Å². The summed E-state index contributed by atoms with van der Waals surface area (Å²) >= 11 is 0. The maximum Gasteiger partial charge on any atom is 0.339 e. The molecular weight excluding hydrogens is 342 g/mol. The predicted octanol–water partition coefficient (Wildman–Crippen LogP) is 2.45. The van der Waals surface area contributed by atoms with Gasteiger partial charge in [0.1, 0.15) is 0 Å². The van der Waals surface area contributed by atoms with Gasteiger partial charge in [-0.05, 0) is 50.3 Å². The minimum atomic E-state index is -3.61. The van der Waals surface area contributed by atoms with E-state index in [-0.39, 0.29) is 16.2 Å². The van der Waals surface area contributed by atoms with Crippen molar-refractivity contribution in [1.29, 1.82) is 0 Å². The first kappa shape index (κ1) is 18.1. The minimum Gasteiger partial charge on any atom is -0.451 e. The van der Waals surface area contributed by atoms with E-state index in [1.54, 1.807) is 13.0 Å². The molecule has 1 saturated heterocycles. The lowest BCUT2D eigenvalue weighted by Crippen LogP contribution is -2.35. The molecule has 7 heteroatoms. The molecule has 0 spiro atoms. The van der Waals surface area contributed by atoms with Crippen LogP contribution in [-0.4, -0.2) is 43.7 Å². The zero-order valence-corrected chi connectivity index (χ0v) is 15.2. The third kappa shape index (κ3) is 3.77. The molecule has 0 radical (unpaired) electrons. The van der Waals surface area contributed by atoms with Crippen LogP contribution < -0.4 is 0 Å².